The molecule has 1 rings (SSSR count). The zero-order valence-corrected chi connectivity index (χ0v) is 19.6. The zero-order chi connectivity index (χ0) is 18.0. The molecule has 0 amide bonds. The Kier molecular flexibility index (Phi) is 16.9. The molecule has 0 saturated carbocycles. The fraction of sp³-hybridized carbons (Fsp3) is 0.667. The number of hydrogen-bond acceptors (Lipinski definition) is 2. The molecule has 0 spiro atoms. The number of carbonyl (C=O) groups is 1. The Balaban J connectivity index is 0.000000446. The quantitative estimate of drug-likeness (QED) is 0.290. The van der Waals surface area contributed by atoms with Crippen molar-refractivity contribution in [1.29, 1.82) is 0 Å². The van der Waals surface area contributed by atoms with Crippen molar-refractivity contribution in [2.45, 2.75) is 79.5 Å². The van der Waals surface area contributed by atoms with Gasteiger partial charge in [0.15, 0.2) is 0 Å². The van der Waals surface area contributed by atoms with Crippen molar-refractivity contribution < 1.29 is 9.53 Å². The first kappa shape index (κ1) is 23.5. The van der Waals surface area contributed by atoms with Gasteiger partial charge in [0, 0.05) is 0 Å². The van der Waals surface area contributed by atoms with E-state index in [4.69, 9.17) is 4.74 Å². The van der Waals surface area contributed by atoms with Gasteiger partial charge in [-0.05, 0) is 19.1 Å². The van der Waals surface area contributed by atoms with Gasteiger partial charge in [0.25, 0.3) is 0 Å². The van der Waals surface area contributed by atoms with Crippen LogP contribution in [0.15, 0.2) is 30.3 Å². The van der Waals surface area contributed by atoms with Crippen LogP contribution in [0.1, 0.15) is 76.6 Å². The summed E-state index contributed by atoms with van der Waals surface area (Å²) in [5.74, 6) is -0.256. The maximum absolute atomic E-state index is 11.0. The van der Waals surface area contributed by atoms with Crippen LogP contribution in [0, 0.1) is 0 Å². The second-order valence-electron chi connectivity index (χ2n) is 6.38. The molecular formula is C21H38O2Sn. The topological polar surface area (TPSA) is 26.3 Å². The van der Waals surface area contributed by atoms with Gasteiger partial charge in [-0.2, -0.15) is 0 Å². The van der Waals surface area contributed by atoms with Crippen molar-refractivity contribution in [1.82, 2.24) is 0 Å². The molecule has 0 atom stereocenters. The third kappa shape index (κ3) is 12.9. The maximum Gasteiger partial charge on any atom is 0.338 e. The van der Waals surface area contributed by atoms with E-state index in [0.29, 0.717) is 12.2 Å². The minimum absolute atomic E-state index is 0.256. The van der Waals surface area contributed by atoms with E-state index in [2.05, 4.69) is 20.8 Å². The molecule has 0 heterocycles. The summed E-state index contributed by atoms with van der Waals surface area (Å²) < 4.78 is 9.87. The summed E-state index contributed by atoms with van der Waals surface area (Å²) in [6.07, 6.45) is 8.87. The summed E-state index contributed by atoms with van der Waals surface area (Å²) in [7, 11) is 0. The van der Waals surface area contributed by atoms with Crippen LogP contribution in [-0.4, -0.2) is 32.3 Å². The number of ether oxygens (including phenoxy) is 1. The van der Waals surface area contributed by atoms with Gasteiger partial charge in [-0.3, -0.25) is 0 Å². The predicted octanol–water partition coefficient (Wildman–Crippen LogP) is 6.48. The smallest absolute Gasteiger partial charge is 0.338 e. The summed E-state index contributed by atoms with van der Waals surface area (Å²) in [4.78, 5) is 11.0. The van der Waals surface area contributed by atoms with Crippen LogP contribution in [-0.2, 0) is 4.74 Å². The van der Waals surface area contributed by atoms with Crippen LogP contribution < -0.4 is 0 Å². The molecule has 0 N–H and O–H groups in total. The number of unbranched alkanes of at least 4 members (excludes halogenated alkanes) is 3. The Morgan fingerprint density at radius 3 is 1.67 bits per heavy atom. The summed E-state index contributed by atoms with van der Waals surface area (Å²) in [5, 5.41) is 0. The first-order valence-corrected chi connectivity index (χ1v) is 16.9. The maximum atomic E-state index is 11.0. The van der Waals surface area contributed by atoms with Crippen molar-refractivity contribution in [2.75, 3.05) is 6.61 Å². The molecule has 0 aromatic heterocycles. The molecule has 1 aromatic carbocycles. The van der Waals surface area contributed by atoms with Crippen molar-refractivity contribution in [2.24, 2.45) is 0 Å². The van der Waals surface area contributed by atoms with Crippen molar-refractivity contribution in [3.8, 4) is 0 Å². The monoisotopic (exact) mass is 442 g/mol. The number of carbonyl (C=O) groups excluding carboxylic acids is 1. The van der Waals surface area contributed by atoms with Crippen LogP contribution >= 0.6 is 0 Å². The third-order valence-corrected chi connectivity index (χ3v) is 14.7. The van der Waals surface area contributed by atoms with E-state index in [1.165, 1.54) is 38.5 Å². The Morgan fingerprint density at radius 1 is 0.833 bits per heavy atom. The van der Waals surface area contributed by atoms with Gasteiger partial charge < -0.3 is 4.74 Å². The number of esters is 1. The number of benzene rings is 1. The minimum Gasteiger partial charge on any atom is -0.462 e. The second kappa shape index (κ2) is 17.3. The first-order chi connectivity index (χ1) is 11.7. The minimum atomic E-state index is -0.967. The number of rotatable bonds is 11. The molecule has 0 radical (unpaired) electrons. The molecule has 0 aliphatic carbocycles. The molecule has 2 nitrogen and oxygen atoms in total. The van der Waals surface area contributed by atoms with Crippen molar-refractivity contribution in [3.05, 3.63) is 35.9 Å². The Bertz CT molecular complexity index is 373. The van der Waals surface area contributed by atoms with E-state index in [1.54, 1.807) is 32.4 Å². The number of hydrogen-bond donors (Lipinski definition) is 0. The van der Waals surface area contributed by atoms with Gasteiger partial charge >= 0.3 is 98.3 Å². The molecule has 1 aromatic rings. The zero-order valence-electron chi connectivity index (χ0n) is 16.4. The fourth-order valence-corrected chi connectivity index (χ4v) is 13.6. The van der Waals surface area contributed by atoms with E-state index in [9.17, 15) is 4.79 Å². The summed E-state index contributed by atoms with van der Waals surface area (Å²) in [5.41, 5.74) is 0.606. The van der Waals surface area contributed by atoms with Crippen molar-refractivity contribution in [3.63, 3.8) is 0 Å². The van der Waals surface area contributed by atoms with Gasteiger partial charge in [-0.25, -0.2) is 4.79 Å². The van der Waals surface area contributed by atoms with Crippen LogP contribution in [0.25, 0.3) is 0 Å². The molecular weight excluding hydrogens is 403 g/mol. The van der Waals surface area contributed by atoms with Gasteiger partial charge in [0.05, 0.1) is 12.2 Å². The molecule has 3 heteroatoms. The van der Waals surface area contributed by atoms with E-state index in [0.717, 1.165) is 0 Å². The molecule has 0 aliphatic heterocycles. The van der Waals surface area contributed by atoms with Crippen LogP contribution in [0.2, 0.25) is 13.3 Å². The first-order valence-electron chi connectivity index (χ1n) is 9.91. The SMILES string of the molecule is CCC[CH2][SnH]([CH2]CCC)[CH2]CCC.CCOC(=O)c1ccccc1. The predicted molar refractivity (Wildman–Crippen MR) is 109 cm³/mol. The fourth-order valence-electron chi connectivity index (χ4n) is 2.70. The second-order valence-corrected chi connectivity index (χ2v) is 16.3. The van der Waals surface area contributed by atoms with Crippen LogP contribution in [0.5, 0.6) is 0 Å². The van der Waals surface area contributed by atoms with E-state index in [1.807, 2.05) is 18.2 Å². The van der Waals surface area contributed by atoms with Gasteiger partial charge in [-0.1, -0.05) is 18.2 Å². The summed E-state index contributed by atoms with van der Waals surface area (Å²) in [6.45, 7) is 9.22. The van der Waals surface area contributed by atoms with E-state index in [-0.39, 0.29) is 5.97 Å². The Morgan fingerprint density at radius 2 is 1.29 bits per heavy atom. The summed E-state index contributed by atoms with van der Waals surface area (Å²) in [6, 6.07) is 8.96. The molecule has 0 bridgehead atoms. The third-order valence-electron chi connectivity index (χ3n) is 4.18. The Hall–Kier alpha value is -0.511. The standard InChI is InChI=1S/C9H10O2.3C4H9.Sn.H/c1-2-11-9(10)8-6-4-3-5-7-8;3*1-3-4-2;;/h3-7H,2H2,1H3;3*1,3-4H2,2H3;;. The Labute approximate surface area is 157 Å². The normalized spacial score (nSPS) is 10.2. The summed E-state index contributed by atoms with van der Waals surface area (Å²) >= 11 is -0.967. The van der Waals surface area contributed by atoms with Gasteiger partial charge in [0.1, 0.15) is 0 Å². The average molecular weight is 441 g/mol. The average Bonchev–Trinajstić information content (AvgIpc) is 2.62. The van der Waals surface area contributed by atoms with Crippen LogP contribution in [0.3, 0.4) is 0 Å². The molecule has 0 saturated heterocycles. The largest absolute Gasteiger partial charge is 0.462 e. The molecule has 138 valence electrons. The molecule has 0 aliphatic rings. The van der Waals surface area contributed by atoms with Gasteiger partial charge in [-0.15, -0.1) is 0 Å². The molecule has 0 fully saturated rings. The van der Waals surface area contributed by atoms with Crippen molar-refractivity contribution >= 4 is 25.7 Å². The molecule has 24 heavy (non-hydrogen) atoms. The van der Waals surface area contributed by atoms with E-state index < -0.39 is 19.8 Å². The van der Waals surface area contributed by atoms with Crippen LogP contribution in [0.4, 0.5) is 0 Å². The van der Waals surface area contributed by atoms with E-state index >= 15 is 0 Å². The molecule has 0 unspecified atom stereocenters. The van der Waals surface area contributed by atoms with Gasteiger partial charge in [0.2, 0.25) is 0 Å².